The van der Waals surface area contributed by atoms with E-state index in [1.165, 1.54) is 18.4 Å². The van der Waals surface area contributed by atoms with Crippen molar-refractivity contribution in [1.82, 2.24) is 0 Å². The zero-order chi connectivity index (χ0) is 12.3. The maximum Gasteiger partial charge on any atom is 0.122 e. The fourth-order valence-corrected chi connectivity index (χ4v) is 1.80. The van der Waals surface area contributed by atoms with Crippen LogP contribution in [0.4, 0.5) is 0 Å². The van der Waals surface area contributed by atoms with Gasteiger partial charge in [-0.25, -0.2) is 5.11 Å². The Labute approximate surface area is 105 Å². The van der Waals surface area contributed by atoms with Gasteiger partial charge in [0.1, 0.15) is 5.75 Å². The molecule has 1 rings (SSSR count). The van der Waals surface area contributed by atoms with Crippen molar-refractivity contribution in [2.24, 2.45) is 0 Å². The van der Waals surface area contributed by atoms with Crippen LogP contribution in [0.15, 0.2) is 24.3 Å². The van der Waals surface area contributed by atoms with Crippen LogP contribution in [0.5, 0.6) is 5.75 Å². The fourth-order valence-electron chi connectivity index (χ4n) is 1.80. The van der Waals surface area contributed by atoms with Crippen LogP contribution in [-0.2, 0) is 11.5 Å². The molecule has 2 heteroatoms. The Bertz CT molecular complexity index is 297. The molecule has 95 valence electrons. The Morgan fingerprint density at radius 1 is 1.06 bits per heavy atom. The van der Waals surface area contributed by atoms with Gasteiger partial charge in [-0.05, 0) is 37.3 Å². The molecule has 1 aromatic carbocycles. The lowest BCUT2D eigenvalue weighted by molar-refractivity contribution is 0.187. The fraction of sp³-hybridized carbons (Fsp3) is 0.600. The normalized spacial score (nSPS) is 10.5. The molecular weight excluding hydrogens is 212 g/mol. The quantitative estimate of drug-likeness (QED) is 0.595. The molecule has 0 atom stereocenters. The standard InChI is InChI=1S/C15H23O2/c1-2-3-8-13-17-15-11-5-4-9-14(15)10-6-7-12-16/h4-5,9,11H,2-3,6-8,10,12-13H2,1H3. The highest BCUT2D eigenvalue weighted by Crippen LogP contribution is 2.20. The van der Waals surface area contributed by atoms with Crippen LogP contribution in [-0.4, -0.2) is 13.2 Å². The summed E-state index contributed by atoms with van der Waals surface area (Å²) >= 11 is 0. The van der Waals surface area contributed by atoms with Gasteiger partial charge in [-0.2, -0.15) is 0 Å². The van der Waals surface area contributed by atoms with Crippen LogP contribution in [0.2, 0.25) is 0 Å². The van der Waals surface area contributed by atoms with Gasteiger partial charge in [0, 0.05) is 0 Å². The van der Waals surface area contributed by atoms with E-state index in [0.717, 1.165) is 38.0 Å². The lowest BCUT2D eigenvalue weighted by atomic mass is 10.1. The number of benzene rings is 1. The van der Waals surface area contributed by atoms with Crippen molar-refractivity contribution in [1.29, 1.82) is 0 Å². The number of hydrogen-bond acceptors (Lipinski definition) is 1. The Balaban J connectivity index is 2.40. The average Bonchev–Trinajstić information content (AvgIpc) is 2.36. The first-order chi connectivity index (χ1) is 8.38. The van der Waals surface area contributed by atoms with E-state index in [4.69, 9.17) is 4.74 Å². The van der Waals surface area contributed by atoms with Crippen molar-refractivity contribution in [3.8, 4) is 5.75 Å². The SMILES string of the molecule is CCCCCOc1ccccc1CCCC[O]. The second kappa shape index (κ2) is 9.06. The first-order valence-corrected chi connectivity index (χ1v) is 6.67. The molecule has 0 saturated heterocycles. The number of rotatable bonds is 9. The minimum Gasteiger partial charge on any atom is -0.493 e. The number of ether oxygens (including phenoxy) is 1. The summed E-state index contributed by atoms with van der Waals surface area (Å²) in [6, 6.07) is 8.16. The molecule has 0 N–H and O–H groups in total. The van der Waals surface area contributed by atoms with E-state index in [1.807, 2.05) is 18.2 Å². The van der Waals surface area contributed by atoms with E-state index in [9.17, 15) is 5.11 Å². The molecule has 0 fully saturated rings. The van der Waals surface area contributed by atoms with Crippen LogP contribution in [0.25, 0.3) is 0 Å². The molecule has 0 bridgehead atoms. The maximum atomic E-state index is 10.4. The minimum atomic E-state index is 0.0273. The highest BCUT2D eigenvalue weighted by atomic mass is 16.5. The number of aryl methyl sites for hydroxylation is 1. The molecule has 0 amide bonds. The number of para-hydroxylation sites is 1. The van der Waals surface area contributed by atoms with Gasteiger partial charge in [-0.15, -0.1) is 0 Å². The van der Waals surface area contributed by atoms with Gasteiger partial charge in [0.05, 0.1) is 13.2 Å². The molecule has 1 aromatic rings. The first-order valence-electron chi connectivity index (χ1n) is 6.67. The molecule has 0 aliphatic carbocycles. The van der Waals surface area contributed by atoms with Crippen molar-refractivity contribution in [3.63, 3.8) is 0 Å². The predicted octanol–water partition coefficient (Wildman–Crippen LogP) is 4.01. The van der Waals surface area contributed by atoms with Crippen molar-refractivity contribution in [2.45, 2.75) is 45.4 Å². The third-order valence-electron chi connectivity index (χ3n) is 2.82. The largest absolute Gasteiger partial charge is 0.493 e. The maximum absolute atomic E-state index is 10.4. The third kappa shape index (κ3) is 5.73. The van der Waals surface area contributed by atoms with Gasteiger partial charge >= 0.3 is 0 Å². The summed E-state index contributed by atoms with van der Waals surface area (Å²) in [5.74, 6) is 0.995. The lowest BCUT2D eigenvalue weighted by Gasteiger charge is -2.10. The van der Waals surface area contributed by atoms with Crippen molar-refractivity contribution in [3.05, 3.63) is 29.8 Å². The van der Waals surface area contributed by atoms with Crippen LogP contribution >= 0.6 is 0 Å². The Morgan fingerprint density at radius 3 is 2.65 bits per heavy atom. The molecule has 0 aliphatic heterocycles. The summed E-state index contributed by atoms with van der Waals surface area (Å²) in [6.07, 6.45) is 6.22. The second-order valence-corrected chi connectivity index (χ2v) is 4.32. The second-order valence-electron chi connectivity index (χ2n) is 4.32. The van der Waals surface area contributed by atoms with E-state index >= 15 is 0 Å². The molecule has 0 heterocycles. The highest BCUT2D eigenvalue weighted by molar-refractivity contribution is 5.33. The van der Waals surface area contributed by atoms with Crippen LogP contribution < -0.4 is 4.74 Å². The summed E-state index contributed by atoms with van der Waals surface area (Å²) in [5, 5.41) is 10.4. The number of unbranched alkanes of at least 4 members (excludes halogenated alkanes) is 3. The lowest BCUT2D eigenvalue weighted by Crippen LogP contribution is -2.00. The Kier molecular flexibility index (Phi) is 7.48. The Hall–Kier alpha value is -1.02. The van der Waals surface area contributed by atoms with Crippen molar-refractivity contribution >= 4 is 0 Å². The van der Waals surface area contributed by atoms with E-state index in [1.54, 1.807) is 0 Å². The van der Waals surface area contributed by atoms with Crippen molar-refractivity contribution < 1.29 is 9.84 Å². The molecule has 0 spiro atoms. The molecular formula is C15H23O2. The molecule has 2 nitrogen and oxygen atoms in total. The van der Waals surface area contributed by atoms with Gasteiger partial charge in [0.25, 0.3) is 0 Å². The molecule has 0 saturated carbocycles. The van der Waals surface area contributed by atoms with Crippen LogP contribution in [0, 0.1) is 0 Å². The van der Waals surface area contributed by atoms with E-state index in [0.29, 0.717) is 0 Å². The van der Waals surface area contributed by atoms with Gasteiger partial charge < -0.3 is 4.74 Å². The summed E-state index contributed by atoms with van der Waals surface area (Å²) in [7, 11) is 0. The molecule has 0 unspecified atom stereocenters. The van der Waals surface area contributed by atoms with Crippen LogP contribution in [0.1, 0.15) is 44.6 Å². The predicted molar refractivity (Wildman–Crippen MR) is 70.0 cm³/mol. The average molecular weight is 235 g/mol. The monoisotopic (exact) mass is 235 g/mol. The van der Waals surface area contributed by atoms with E-state index in [-0.39, 0.29) is 6.61 Å². The molecule has 0 aliphatic rings. The van der Waals surface area contributed by atoms with Gasteiger partial charge in [-0.3, -0.25) is 0 Å². The van der Waals surface area contributed by atoms with Gasteiger partial charge in [0.15, 0.2) is 0 Å². The van der Waals surface area contributed by atoms with Crippen LogP contribution in [0.3, 0.4) is 0 Å². The van der Waals surface area contributed by atoms with Gasteiger partial charge in [-0.1, -0.05) is 38.0 Å². The summed E-state index contributed by atoms with van der Waals surface area (Å²) in [6.45, 7) is 3.02. The van der Waals surface area contributed by atoms with E-state index < -0.39 is 0 Å². The van der Waals surface area contributed by atoms with Crippen molar-refractivity contribution in [2.75, 3.05) is 13.2 Å². The molecule has 1 radical (unpaired) electrons. The molecule has 17 heavy (non-hydrogen) atoms. The molecule has 0 aromatic heterocycles. The number of hydrogen-bond donors (Lipinski definition) is 0. The van der Waals surface area contributed by atoms with Gasteiger partial charge in [0.2, 0.25) is 0 Å². The summed E-state index contributed by atoms with van der Waals surface area (Å²) < 4.78 is 5.79. The topological polar surface area (TPSA) is 29.1 Å². The minimum absolute atomic E-state index is 0.0273. The summed E-state index contributed by atoms with van der Waals surface area (Å²) in [5.41, 5.74) is 1.23. The Morgan fingerprint density at radius 2 is 1.88 bits per heavy atom. The van der Waals surface area contributed by atoms with E-state index in [2.05, 4.69) is 13.0 Å². The highest BCUT2D eigenvalue weighted by Gasteiger charge is 2.02. The summed E-state index contributed by atoms with van der Waals surface area (Å²) in [4.78, 5) is 0. The smallest absolute Gasteiger partial charge is 0.122 e. The first kappa shape index (κ1) is 14.0. The third-order valence-corrected chi connectivity index (χ3v) is 2.82. The zero-order valence-corrected chi connectivity index (χ0v) is 10.8. The zero-order valence-electron chi connectivity index (χ0n) is 10.8.